The molecule has 0 aliphatic rings. The number of carbonyl (C=O) groups excluding carboxylic acids is 1. The highest BCUT2D eigenvalue weighted by Gasteiger charge is 2.13. The SMILES string of the molecule is Cc1cc(C(=O)Nc2cccc(C(C)C)c2)c(C)o1. The van der Waals surface area contributed by atoms with Gasteiger partial charge in [0.25, 0.3) is 5.91 Å². The molecule has 0 fully saturated rings. The van der Waals surface area contributed by atoms with Crippen molar-refractivity contribution in [3.8, 4) is 0 Å². The van der Waals surface area contributed by atoms with Crippen LogP contribution in [0.3, 0.4) is 0 Å². The van der Waals surface area contributed by atoms with Crippen LogP contribution in [0.1, 0.15) is 47.2 Å². The molecule has 100 valence electrons. The number of aryl methyl sites for hydroxylation is 2. The highest BCUT2D eigenvalue weighted by molar-refractivity contribution is 6.05. The first kappa shape index (κ1) is 13.4. The summed E-state index contributed by atoms with van der Waals surface area (Å²) >= 11 is 0. The lowest BCUT2D eigenvalue weighted by atomic mass is 10.0. The van der Waals surface area contributed by atoms with Gasteiger partial charge in [-0.25, -0.2) is 0 Å². The molecule has 1 amide bonds. The third-order valence-electron chi connectivity index (χ3n) is 3.10. The van der Waals surface area contributed by atoms with E-state index in [-0.39, 0.29) is 5.91 Å². The molecule has 1 N–H and O–H groups in total. The van der Waals surface area contributed by atoms with E-state index >= 15 is 0 Å². The molecule has 1 heterocycles. The maximum atomic E-state index is 12.2. The molecule has 0 aliphatic heterocycles. The minimum atomic E-state index is -0.129. The molecule has 19 heavy (non-hydrogen) atoms. The van der Waals surface area contributed by atoms with Crippen LogP contribution in [0.4, 0.5) is 5.69 Å². The standard InChI is InChI=1S/C16H19NO2/c1-10(2)13-6-5-7-14(9-13)17-16(18)15-8-11(3)19-12(15)4/h5-10H,1-4H3,(H,17,18). The van der Waals surface area contributed by atoms with Crippen molar-refractivity contribution < 1.29 is 9.21 Å². The van der Waals surface area contributed by atoms with Crippen molar-refractivity contribution in [2.45, 2.75) is 33.6 Å². The van der Waals surface area contributed by atoms with Gasteiger partial charge in [0, 0.05) is 5.69 Å². The zero-order valence-corrected chi connectivity index (χ0v) is 11.8. The Morgan fingerprint density at radius 1 is 1.21 bits per heavy atom. The van der Waals surface area contributed by atoms with E-state index in [4.69, 9.17) is 4.42 Å². The summed E-state index contributed by atoms with van der Waals surface area (Å²) in [5.41, 5.74) is 2.61. The van der Waals surface area contributed by atoms with Gasteiger partial charge in [-0.3, -0.25) is 4.79 Å². The minimum absolute atomic E-state index is 0.129. The van der Waals surface area contributed by atoms with E-state index < -0.39 is 0 Å². The fourth-order valence-corrected chi connectivity index (χ4v) is 2.03. The number of hydrogen-bond acceptors (Lipinski definition) is 2. The van der Waals surface area contributed by atoms with Crippen molar-refractivity contribution in [3.63, 3.8) is 0 Å². The molecule has 1 aromatic heterocycles. The summed E-state index contributed by atoms with van der Waals surface area (Å²) in [6, 6.07) is 9.68. The second kappa shape index (κ2) is 5.31. The normalized spacial score (nSPS) is 10.8. The molecule has 0 bridgehead atoms. The smallest absolute Gasteiger partial charge is 0.259 e. The lowest BCUT2D eigenvalue weighted by molar-refractivity contribution is 0.102. The Hall–Kier alpha value is -2.03. The molecule has 0 unspecified atom stereocenters. The number of nitrogens with one attached hydrogen (secondary N) is 1. The Morgan fingerprint density at radius 2 is 1.95 bits per heavy atom. The Morgan fingerprint density at radius 3 is 2.53 bits per heavy atom. The van der Waals surface area contributed by atoms with Crippen LogP contribution in [-0.2, 0) is 0 Å². The third-order valence-corrected chi connectivity index (χ3v) is 3.10. The Bertz CT molecular complexity index is 597. The summed E-state index contributed by atoms with van der Waals surface area (Å²) in [6.45, 7) is 7.89. The van der Waals surface area contributed by atoms with Crippen LogP contribution < -0.4 is 5.32 Å². The third kappa shape index (κ3) is 3.05. The molecule has 0 radical (unpaired) electrons. The van der Waals surface area contributed by atoms with E-state index in [1.54, 1.807) is 13.0 Å². The number of benzene rings is 1. The molecule has 3 heteroatoms. The quantitative estimate of drug-likeness (QED) is 0.892. The van der Waals surface area contributed by atoms with Gasteiger partial charge in [0.15, 0.2) is 0 Å². The summed E-state index contributed by atoms with van der Waals surface area (Å²) in [7, 11) is 0. The summed E-state index contributed by atoms with van der Waals surface area (Å²) < 4.78 is 5.37. The number of rotatable bonds is 3. The van der Waals surface area contributed by atoms with Gasteiger partial charge in [-0.2, -0.15) is 0 Å². The Labute approximate surface area is 113 Å². The van der Waals surface area contributed by atoms with Gasteiger partial charge >= 0.3 is 0 Å². The fourth-order valence-electron chi connectivity index (χ4n) is 2.03. The van der Waals surface area contributed by atoms with Crippen molar-refractivity contribution in [3.05, 3.63) is 53.0 Å². The predicted octanol–water partition coefficient (Wildman–Crippen LogP) is 4.27. The second-order valence-corrected chi connectivity index (χ2v) is 5.06. The van der Waals surface area contributed by atoms with Crippen LogP contribution in [0, 0.1) is 13.8 Å². The first-order valence-corrected chi connectivity index (χ1v) is 6.45. The average Bonchev–Trinajstić information content (AvgIpc) is 2.69. The van der Waals surface area contributed by atoms with Crippen LogP contribution >= 0.6 is 0 Å². The van der Waals surface area contributed by atoms with Gasteiger partial charge in [-0.15, -0.1) is 0 Å². The molecule has 0 saturated heterocycles. The van der Waals surface area contributed by atoms with Gasteiger partial charge < -0.3 is 9.73 Å². The molecule has 2 rings (SSSR count). The van der Waals surface area contributed by atoms with E-state index in [2.05, 4.69) is 25.2 Å². The number of carbonyl (C=O) groups is 1. The maximum Gasteiger partial charge on any atom is 0.259 e. The van der Waals surface area contributed by atoms with E-state index in [1.165, 1.54) is 5.56 Å². The highest BCUT2D eigenvalue weighted by atomic mass is 16.3. The predicted molar refractivity (Wildman–Crippen MR) is 76.7 cm³/mol. The minimum Gasteiger partial charge on any atom is -0.466 e. The Kier molecular flexibility index (Phi) is 3.74. The van der Waals surface area contributed by atoms with Crippen molar-refractivity contribution >= 4 is 11.6 Å². The maximum absolute atomic E-state index is 12.2. The van der Waals surface area contributed by atoms with Gasteiger partial charge in [0.1, 0.15) is 11.5 Å². The van der Waals surface area contributed by atoms with Gasteiger partial charge in [-0.05, 0) is 43.5 Å². The molecule has 2 aromatic rings. The highest BCUT2D eigenvalue weighted by Crippen LogP contribution is 2.20. The molecule has 0 saturated carbocycles. The zero-order chi connectivity index (χ0) is 14.0. The van der Waals surface area contributed by atoms with Gasteiger partial charge in [-0.1, -0.05) is 26.0 Å². The molecule has 0 aliphatic carbocycles. The molecule has 0 atom stereocenters. The van der Waals surface area contributed by atoms with E-state index in [9.17, 15) is 4.79 Å². The van der Waals surface area contributed by atoms with Crippen molar-refractivity contribution in [1.29, 1.82) is 0 Å². The lowest BCUT2D eigenvalue weighted by Gasteiger charge is -2.09. The average molecular weight is 257 g/mol. The van der Waals surface area contributed by atoms with Gasteiger partial charge in [0.2, 0.25) is 0 Å². The van der Waals surface area contributed by atoms with Crippen LogP contribution in [0.5, 0.6) is 0 Å². The topological polar surface area (TPSA) is 42.2 Å². The van der Waals surface area contributed by atoms with E-state index in [0.29, 0.717) is 17.2 Å². The number of amides is 1. The molecule has 0 spiro atoms. The van der Waals surface area contributed by atoms with Crippen LogP contribution in [-0.4, -0.2) is 5.91 Å². The number of hydrogen-bond donors (Lipinski definition) is 1. The Balaban J connectivity index is 2.19. The van der Waals surface area contributed by atoms with Crippen molar-refractivity contribution in [2.75, 3.05) is 5.32 Å². The van der Waals surface area contributed by atoms with Crippen molar-refractivity contribution in [2.24, 2.45) is 0 Å². The molecule has 1 aromatic carbocycles. The summed E-state index contributed by atoms with van der Waals surface area (Å²) in [5.74, 6) is 1.71. The summed E-state index contributed by atoms with van der Waals surface area (Å²) in [5, 5.41) is 2.91. The second-order valence-electron chi connectivity index (χ2n) is 5.06. The summed E-state index contributed by atoms with van der Waals surface area (Å²) in [4.78, 5) is 12.2. The largest absolute Gasteiger partial charge is 0.466 e. The first-order chi connectivity index (χ1) is 8.97. The molecular weight excluding hydrogens is 238 g/mol. The molecule has 3 nitrogen and oxygen atoms in total. The summed E-state index contributed by atoms with van der Waals surface area (Å²) in [6.07, 6.45) is 0. The van der Waals surface area contributed by atoms with Crippen LogP contribution in [0.25, 0.3) is 0 Å². The van der Waals surface area contributed by atoms with E-state index in [0.717, 1.165) is 11.4 Å². The number of furan rings is 1. The van der Waals surface area contributed by atoms with Gasteiger partial charge in [0.05, 0.1) is 5.56 Å². The van der Waals surface area contributed by atoms with Crippen LogP contribution in [0.15, 0.2) is 34.7 Å². The van der Waals surface area contributed by atoms with Crippen LogP contribution in [0.2, 0.25) is 0 Å². The lowest BCUT2D eigenvalue weighted by Crippen LogP contribution is -2.12. The van der Waals surface area contributed by atoms with E-state index in [1.807, 2.05) is 25.1 Å². The molecular formula is C16H19NO2. The number of anilines is 1. The monoisotopic (exact) mass is 257 g/mol. The first-order valence-electron chi connectivity index (χ1n) is 6.45. The fraction of sp³-hybridized carbons (Fsp3) is 0.312. The van der Waals surface area contributed by atoms with Crippen molar-refractivity contribution in [1.82, 2.24) is 0 Å². The zero-order valence-electron chi connectivity index (χ0n) is 11.8.